The number of pyridine rings is 1. The van der Waals surface area contributed by atoms with Crippen molar-refractivity contribution in [1.29, 1.82) is 0 Å². The number of thiophene rings is 1. The molecule has 4 rings (SSSR count). The largest absolute Gasteiger partial charge is 0.369 e. The number of likely N-dealkylation sites (N-methyl/N-ethyl adjacent to an activating group) is 1. The van der Waals surface area contributed by atoms with Crippen molar-refractivity contribution in [2.45, 2.75) is 12.2 Å². The van der Waals surface area contributed by atoms with E-state index in [9.17, 15) is 9.18 Å². The monoisotopic (exact) mass is 398 g/mol. The van der Waals surface area contributed by atoms with Gasteiger partial charge < -0.3 is 5.73 Å². The van der Waals surface area contributed by atoms with Crippen molar-refractivity contribution in [3.05, 3.63) is 76.0 Å². The number of benzene rings is 1. The molecule has 1 unspecified atom stereocenters. The van der Waals surface area contributed by atoms with Gasteiger partial charge in [0.05, 0.1) is 5.69 Å². The van der Waals surface area contributed by atoms with E-state index in [-0.39, 0.29) is 17.2 Å². The van der Waals surface area contributed by atoms with Crippen LogP contribution in [0.2, 0.25) is 0 Å². The van der Waals surface area contributed by atoms with E-state index in [1.54, 1.807) is 12.1 Å². The molecule has 28 heavy (non-hydrogen) atoms. The summed E-state index contributed by atoms with van der Waals surface area (Å²) in [5, 5.41) is 3.84. The number of rotatable bonds is 4. The summed E-state index contributed by atoms with van der Waals surface area (Å²) >= 11 is 1.51. The lowest BCUT2D eigenvalue weighted by atomic mass is 9.81. The lowest BCUT2D eigenvalue weighted by molar-refractivity contribution is -0.129. The minimum absolute atomic E-state index is 0.0380. The van der Waals surface area contributed by atoms with Gasteiger partial charge in [0, 0.05) is 18.8 Å². The highest BCUT2D eigenvalue weighted by Gasteiger charge is 2.51. The molecule has 5 nitrogen and oxygen atoms in total. The van der Waals surface area contributed by atoms with Crippen molar-refractivity contribution < 1.29 is 13.6 Å². The maximum Gasteiger partial charge on any atom is 0.266 e. The van der Waals surface area contributed by atoms with Gasteiger partial charge in [0.25, 0.3) is 5.91 Å². The first-order chi connectivity index (χ1) is 13.5. The molecular formula is C20H16F2N4OS. The van der Waals surface area contributed by atoms with Crippen molar-refractivity contribution >= 4 is 23.2 Å². The zero-order valence-corrected chi connectivity index (χ0v) is 15.7. The Balaban J connectivity index is 2.01. The number of hydrogen-bond acceptors (Lipinski definition) is 5. The standard InChI is InChI=1S/C20H16F2N4OS/c1-26-18(27)20(25-19(26)23,14-4-6-24-15(9-14)10-21)16-8-12(2-3-17(16)22)13-5-7-28-11-13/h2-9,11H,10H2,1H3,(H2,23,25). The summed E-state index contributed by atoms with van der Waals surface area (Å²) < 4.78 is 28.2. The smallest absolute Gasteiger partial charge is 0.266 e. The Labute approximate surface area is 164 Å². The van der Waals surface area contributed by atoms with Gasteiger partial charge in [-0.1, -0.05) is 6.07 Å². The van der Waals surface area contributed by atoms with Crippen molar-refractivity contribution in [2.75, 3.05) is 7.05 Å². The van der Waals surface area contributed by atoms with Gasteiger partial charge in [-0.05, 0) is 57.8 Å². The number of nitrogens with zero attached hydrogens (tertiary/aromatic N) is 3. The van der Waals surface area contributed by atoms with Gasteiger partial charge >= 0.3 is 0 Å². The third-order valence-electron chi connectivity index (χ3n) is 4.82. The van der Waals surface area contributed by atoms with Crippen LogP contribution < -0.4 is 5.73 Å². The quantitative estimate of drug-likeness (QED) is 0.732. The van der Waals surface area contributed by atoms with Gasteiger partial charge in [-0.15, -0.1) is 0 Å². The molecule has 0 saturated heterocycles. The van der Waals surface area contributed by atoms with E-state index in [4.69, 9.17) is 5.73 Å². The number of guanidine groups is 1. The van der Waals surface area contributed by atoms with Gasteiger partial charge in [-0.2, -0.15) is 11.3 Å². The van der Waals surface area contributed by atoms with E-state index < -0.39 is 23.9 Å². The van der Waals surface area contributed by atoms with Crippen molar-refractivity contribution in [1.82, 2.24) is 9.88 Å². The van der Waals surface area contributed by atoms with Gasteiger partial charge in [0.2, 0.25) is 0 Å². The Morgan fingerprint density at radius 2 is 2.04 bits per heavy atom. The first-order valence-corrected chi connectivity index (χ1v) is 9.39. The Morgan fingerprint density at radius 1 is 1.21 bits per heavy atom. The Morgan fingerprint density at radius 3 is 2.68 bits per heavy atom. The number of aromatic nitrogens is 1. The second-order valence-corrected chi connectivity index (χ2v) is 7.20. The van der Waals surface area contributed by atoms with Crippen molar-refractivity contribution in [3.63, 3.8) is 0 Å². The minimum atomic E-state index is -1.73. The average Bonchev–Trinajstić information content (AvgIpc) is 3.32. The van der Waals surface area contributed by atoms with Crippen LogP contribution in [-0.4, -0.2) is 28.8 Å². The molecule has 0 aliphatic carbocycles. The topological polar surface area (TPSA) is 71.6 Å². The zero-order chi connectivity index (χ0) is 19.9. The average molecular weight is 398 g/mol. The van der Waals surface area contributed by atoms with Crippen LogP contribution in [0.15, 0.2) is 58.3 Å². The van der Waals surface area contributed by atoms with E-state index in [1.807, 2.05) is 16.8 Å². The normalized spacial score (nSPS) is 19.2. The highest BCUT2D eigenvalue weighted by molar-refractivity contribution is 7.08. The summed E-state index contributed by atoms with van der Waals surface area (Å²) in [5.74, 6) is -1.15. The maximum absolute atomic E-state index is 15.0. The number of halogens is 2. The molecule has 1 atom stereocenters. The predicted octanol–water partition coefficient (Wildman–Crippen LogP) is 3.45. The van der Waals surface area contributed by atoms with E-state index >= 15 is 4.39 Å². The highest BCUT2D eigenvalue weighted by atomic mass is 32.1. The number of amides is 1. The molecule has 1 aliphatic heterocycles. The van der Waals surface area contributed by atoms with Crippen LogP contribution >= 0.6 is 11.3 Å². The molecule has 3 aromatic rings. The SMILES string of the molecule is CN1C(=O)C(c2ccnc(CF)c2)(c2cc(-c3ccsc3)ccc2F)N=C1N. The third kappa shape index (κ3) is 2.68. The van der Waals surface area contributed by atoms with E-state index in [0.717, 1.165) is 11.1 Å². The fourth-order valence-electron chi connectivity index (χ4n) is 3.35. The van der Waals surface area contributed by atoms with Crippen LogP contribution in [0, 0.1) is 5.82 Å². The molecule has 0 fully saturated rings. The number of carbonyl (C=O) groups is 1. The molecule has 0 saturated carbocycles. The second-order valence-electron chi connectivity index (χ2n) is 6.42. The van der Waals surface area contributed by atoms with Crippen LogP contribution in [-0.2, 0) is 17.0 Å². The fourth-order valence-corrected chi connectivity index (χ4v) is 4.01. The van der Waals surface area contributed by atoms with Crippen LogP contribution in [0.1, 0.15) is 16.8 Å². The van der Waals surface area contributed by atoms with Crippen LogP contribution in [0.4, 0.5) is 8.78 Å². The Bertz CT molecular complexity index is 1080. The highest BCUT2D eigenvalue weighted by Crippen LogP contribution is 2.42. The first-order valence-electron chi connectivity index (χ1n) is 8.45. The molecule has 0 bridgehead atoms. The summed E-state index contributed by atoms with van der Waals surface area (Å²) in [4.78, 5) is 22.7. The minimum Gasteiger partial charge on any atom is -0.369 e. The molecule has 2 aromatic heterocycles. The molecular weight excluding hydrogens is 382 g/mol. The molecule has 0 spiro atoms. The number of alkyl halides is 1. The Hall–Kier alpha value is -3.13. The Kier molecular flexibility index (Phi) is 4.43. The van der Waals surface area contributed by atoms with Crippen LogP contribution in [0.3, 0.4) is 0 Å². The second kappa shape index (κ2) is 6.79. The number of nitrogens with two attached hydrogens (primary N) is 1. The van der Waals surface area contributed by atoms with Gasteiger partial charge in [0.15, 0.2) is 11.5 Å². The number of carbonyl (C=O) groups excluding carboxylic acids is 1. The predicted molar refractivity (Wildman–Crippen MR) is 104 cm³/mol. The molecule has 142 valence electrons. The number of hydrogen-bond donors (Lipinski definition) is 1. The molecule has 3 heterocycles. The third-order valence-corrected chi connectivity index (χ3v) is 5.51. The lowest BCUT2D eigenvalue weighted by Crippen LogP contribution is -2.41. The van der Waals surface area contributed by atoms with E-state index in [2.05, 4.69) is 9.98 Å². The summed E-state index contributed by atoms with van der Waals surface area (Å²) in [5.41, 5.74) is 6.33. The zero-order valence-electron chi connectivity index (χ0n) is 14.9. The van der Waals surface area contributed by atoms with Crippen molar-refractivity contribution in [3.8, 4) is 11.1 Å². The van der Waals surface area contributed by atoms with Crippen molar-refractivity contribution in [2.24, 2.45) is 10.7 Å². The molecule has 1 amide bonds. The maximum atomic E-state index is 15.0. The van der Waals surface area contributed by atoms with Gasteiger partial charge in [0.1, 0.15) is 12.5 Å². The van der Waals surface area contributed by atoms with E-state index in [0.29, 0.717) is 5.56 Å². The van der Waals surface area contributed by atoms with Crippen LogP contribution in [0.5, 0.6) is 0 Å². The first kappa shape index (κ1) is 18.2. The molecule has 8 heteroatoms. The summed E-state index contributed by atoms with van der Waals surface area (Å²) in [7, 11) is 1.47. The fraction of sp³-hybridized carbons (Fsp3) is 0.150. The molecule has 2 N–H and O–H groups in total. The van der Waals surface area contributed by atoms with E-state index in [1.165, 1.54) is 47.7 Å². The molecule has 1 aromatic carbocycles. The molecule has 0 radical (unpaired) electrons. The summed E-state index contributed by atoms with van der Waals surface area (Å²) in [6.07, 6.45) is 1.38. The van der Waals surface area contributed by atoms with Crippen LogP contribution in [0.25, 0.3) is 11.1 Å². The lowest BCUT2D eigenvalue weighted by Gasteiger charge is -2.27. The number of aliphatic imine (C=N–C) groups is 1. The summed E-state index contributed by atoms with van der Waals surface area (Å²) in [6, 6.07) is 9.40. The van der Waals surface area contributed by atoms with Gasteiger partial charge in [-0.25, -0.2) is 13.8 Å². The van der Waals surface area contributed by atoms with Gasteiger partial charge in [-0.3, -0.25) is 14.7 Å². The molecule has 1 aliphatic rings. The summed E-state index contributed by atoms with van der Waals surface area (Å²) in [6.45, 7) is -0.815.